The number of rotatable bonds is 8. The van der Waals surface area contributed by atoms with Crippen LogP contribution in [0.15, 0.2) is 79.0 Å². The van der Waals surface area contributed by atoms with E-state index in [9.17, 15) is 9.59 Å². The maximum Gasteiger partial charge on any atom is 0.243 e. The minimum Gasteiger partial charge on any atom is -0.487 e. The number of carbonyl (C=O) groups excluding carboxylic acids is 2. The van der Waals surface area contributed by atoms with Gasteiger partial charge in [-0.05, 0) is 29.8 Å². The Morgan fingerprint density at radius 2 is 1.71 bits per heavy atom. The molecule has 0 saturated heterocycles. The first kappa shape index (κ1) is 19.1. The van der Waals surface area contributed by atoms with Gasteiger partial charge in [0.2, 0.25) is 11.8 Å². The van der Waals surface area contributed by atoms with Crippen LogP contribution in [0.3, 0.4) is 0 Å². The zero-order valence-electron chi connectivity index (χ0n) is 15.3. The Bertz CT molecular complexity index is 915. The van der Waals surface area contributed by atoms with Crippen LogP contribution < -0.4 is 15.4 Å². The third-order valence-corrected chi connectivity index (χ3v) is 3.88. The first-order valence-electron chi connectivity index (χ1n) is 8.92. The zero-order valence-corrected chi connectivity index (χ0v) is 15.3. The molecule has 6 heteroatoms. The number of aromatic nitrogens is 1. The molecule has 3 aromatic rings. The molecule has 0 radical (unpaired) electrons. The molecule has 0 atom stereocenters. The predicted molar refractivity (Wildman–Crippen MR) is 107 cm³/mol. The van der Waals surface area contributed by atoms with Gasteiger partial charge in [0.25, 0.3) is 0 Å². The fourth-order valence-electron chi connectivity index (χ4n) is 2.53. The van der Waals surface area contributed by atoms with Crippen LogP contribution in [-0.2, 0) is 22.6 Å². The van der Waals surface area contributed by atoms with Gasteiger partial charge in [-0.2, -0.15) is 0 Å². The van der Waals surface area contributed by atoms with Gasteiger partial charge >= 0.3 is 0 Å². The first-order valence-corrected chi connectivity index (χ1v) is 8.92. The largest absolute Gasteiger partial charge is 0.487 e. The maximum atomic E-state index is 12.1. The topological polar surface area (TPSA) is 80.3 Å². The van der Waals surface area contributed by atoms with Gasteiger partial charge in [0.05, 0.1) is 18.7 Å². The summed E-state index contributed by atoms with van der Waals surface area (Å²) in [4.78, 5) is 28.2. The van der Waals surface area contributed by atoms with Crippen LogP contribution in [-0.4, -0.2) is 23.3 Å². The lowest BCUT2D eigenvalue weighted by Gasteiger charge is -2.10. The monoisotopic (exact) mass is 375 g/mol. The second-order valence-corrected chi connectivity index (χ2v) is 6.12. The number of anilines is 1. The molecule has 2 N–H and O–H groups in total. The molecule has 2 aromatic carbocycles. The molecule has 0 bridgehead atoms. The Morgan fingerprint density at radius 3 is 2.50 bits per heavy atom. The maximum absolute atomic E-state index is 12.1. The minimum absolute atomic E-state index is 0.0926. The van der Waals surface area contributed by atoms with E-state index in [4.69, 9.17) is 4.74 Å². The molecule has 0 saturated carbocycles. The van der Waals surface area contributed by atoms with E-state index < -0.39 is 0 Å². The van der Waals surface area contributed by atoms with Gasteiger partial charge in [-0.15, -0.1) is 0 Å². The molecule has 0 aliphatic carbocycles. The van der Waals surface area contributed by atoms with Crippen LogP contribution in [0, 0.1) is 0 Å². The number of hydrogen-bond donors (Lipinski definition) is 2. The average Bonchev–Trinajstić information content (AvgIpc) is 2.73. The molecule has 0 fully saturated rings. The normalized spacial score (nSPS) is 10.1. The fraction of sp³-hybridized carbons (Fsp3) is 0.136. The van der Waals surface area contributed by atoms with E-state index in [1.807, 2.05) is 48.5 Å². The Kier molecular flexibility index (Phi) is 6.73. The van der Waals surface area contributed by atoms with Crippen LogP contribution in [0.5, 0.6) is 5.75 Å². The lowest BCUT2D eigenvalue weighted by Crippen LogP contribution is -2.33. The Hall–Kier alpha value is -3.67. The highest BCUT2D eigenvalue weighted by Crippen LogP contribution is 2.18. The third kappa shape index (κ3) is 6.25. The number of hydrogen-bond acceptors (Lipinski definition) is 4. The standard InChI is InChI=1S/C22H21N3O3/c26-21(13-17-7-2-1-3-8-17)24-15-22(27)25-18-10-6-11-20(14-18)28-16-19-9-4-5-12-23-19/h1-12,14H,13,15-16H2,(H,24,26)(H,25,27). The highest BCUT2D eigenvalue weighted by atomic mass is 16.5. The van der Waals surface area contributed by atoms with Crippen molar-refractivity contribution in [2.45, 2.75) is 13.0 Å². The molecular formula is C22H21N3O3. The summed E-state index contributed by atoms with van der Waals surface area (Å²) in [5, 5.41) is 5.37. The molecule has 0 aliphatic heterocycles. The molecule has 1 aromatic heterocycles. The summed E-state index contributed by atoms with van der Waals surface area (Å²) >= 11 is 0. The van der Waals surface area contributed by atoms with Crippen molar-refractivity contribution in [3.8, 4) is 5.75 Å². The van der Waals surface area contributed by atoms with Crippen LogP contribution in [0.2, 0.25) is 0 Å². The molecule has 2 amide bonds. The summed E-state index contributed by atoms with van der Waals surface area (Å²) in [6.45, 7) is 0.248. The molecule has 0 unspecified atom stereocenters. The molecule has 6 nitrogen and oxygen atoms in total. The van der Waals surface area contributed by atoms with E-state index in [0.717, 1.165) is 11.3 Å². The van der Waals surface area contributed by atoms with Crippen LogP contribution >= 0.6 is 0 Å². The van der Waals surface area contributed by atoms with Crippen LogP contribution in [0.25, 0.3) is 0 Å². The smallest absolute Gasteiger partial charge is 0.243 e. The van der Waals surface area contributed by atoms with Crippen molar-refractivity contribution in [2.75, 3.05) is 11.9 Å². The van der Waals surface area contributed by atoms with Gasteiger partial charge in [0.1, 0.15) is 12.4 Å². The van der Waals surface area contributed by atoms with Gasteiger partial charge in [-0.1, -0.05) is 42.5 Å². The molecule has 1 heterocycles. The Labute approximate surface area is 163 Å². The highest BCUT2D eigenvalue weighted by molar-refractivity contribution is 5.94. The van der Waals surface area contributed by atoms with Gasteiger partial charge in [0, 0.05) is 18.0 Å². The summed E-state index contributed by atoms with van der Waals surface area (Å²) in [6, 6.07) is 22.1. The predicted octanol–water partition coefficient (Wildman–Crippen LogP) is 2.96. The van der Waals surface area contributed by atoms with Crippen molar-refractivity contribution in [2.24, 2.45) is 0 Å². The molecule has 0 aliphatic rings. The second kappa shape index (κ2) is 9.87. The van der Waals surface area contributed by atoms with E-state index in [2.05, 4.69) is 15.6 Å². The molecule has 0 spiro atoms. The summed E-state index contributed by atoms with van der Waals surface area (Å²) in [7, 11) is 0. The van der Waals surface area contributed by atoms with E-state index in [-0.39, 0.29) is 24.8 Å². The van der Waals surface area contributed by atoms with E-state index in [1.54, 1.807) is 30.5 Å². The number of nitrogens with zero attached hydrogens (tertiary/aromatic N) is 1. The zero-order chi connectivity index (χ0) is 19.6. The minimum atomic E-state index is -0.303. The van der Waals surface area contributed by atoms with Gasteiger partial charge < -0.3 is 15.4 Å². The number of benzene rings is 2. The summed E-state index contributed by atoms with van der Waals surface area (Å²) in [6.07, 6.45) is 1.95. The van der Waals surface area contributed by atoms with E-state index in [0.29, 0.717) is 18.0 Å². The van der Waals surface area contributed by atoms with Crippen molar-refractivity contribution in [3.63, 3.8) is 0 Å². The summed E-state index contributed by atoms with van der Waals surface area (Å²) in [5.74, 6) is 0.119. The average molecular weight is 375 g/mol. The molecular weight excluding hydrogens is 354 g/mol. The van der Waals surface area contributed by atoms with Crippen LogP contribution in [0.4, 0.5) is 5.69 Å². The number of carbonyl (C=O) groups is 2. The number of pyridine rings is 1. The van der Waals surface area contributed by atoms with Crippen molar-refractivity contribution >= 4 is 17.5 Å². The molecule has 142 valence electrons. The Morgan fingerprint density at radius 1 is 0.893 bits per heavy atom. The van der Waals surface area contributed by atoms with Crippen molar-refractivity contribution < 1.29 is 14.3 Å². The third-order valence-electron chi connectivity index (χ3n) is 3.88. The van der Waals surface area contributed by atoms with E-state index >= 15 is 0 Å². The van der Waals surface area contributed by atoms with Crippen molar-refractivity contribution in [1.29, 1.82) is 0 Å². The number of ether oxygens (including phenoxy) is 1. The quantitative estimate of drug-likeness (QED) is 0.634. The lowest BCUT2D eigenvalue weighted by atomic mass is 10.1. The van der Waals surface area contributed by atoms with E-state index in [1.165, 1.54) is 0 Å². The number of nitrogens with one attached hydrogen (secondary N) is 2. The fourth-order valence-corrected chi connectivity index (χ4v) is 2.53. The molecule has 3 rings (SSSR count). The van der Waals surface area contributed by atoms with Crippen LogP contribution in [0.1, 0.15) is 11.3 Å². The van der Waals surface area contributed by atoms with Crippen molar-refractivity contribution in [3.05, 3.63) is 90.3 Å². The Balaban J connectivity index is 1.45. The van der Waals surface area contributed by atoms with Crippen molar-refractivity contribution in [1.82, 2.24) is 10.3 Å². The molecule has 28 heavy (non-hydrogen) atoms. The highest BCUT2D eigenvalue weighted by Gasteiger charge is 2.07. The summed E-state index contributed by atoms with van der Waals surface area (Å²) in [5.41, 5.74) is 2.32. The second-order valence-electron chi connectivity index (χ2n) is 6.12. The van der Waals surface area contributed by atoms with Gasteiger partial charge in [0.15, 0.2) is 0 Å². The van der Waals surface area contributed by atoms with Gasteiger partial charge in [-0.3, -0.25) is 14.6 Å². The summed E-state index contributed by atoms with van der Waals surface area (Å²) < 4.78 is 5.70. The first-order chi connectivity index (χ1) is 13.7. The number of amides is 2. The van der Waals surface area contributed by atoms with Gasteiger partial charge in [-0.25, -0.2) is 0 Å². The lowest BCUT2D eigenvalue weighted by molar-refractivity contribution is -0.123. The SMILES string of the molecule is O=C(Cc1ccccc1)NCC(=O)Nc1cccc(OCc2ccccn2)c1.